The van der Waals surface area contributed by atoms with Crippen LogP contribution in [0, 0.1) is 12.7 Å². The summed E-state index contributed by atoms with van der Waals surface area (Å²) < 4.78 is 14.3. The maximum Gasteiger partial charge on any atom is 0.238 e. The molecule has 1 saturated heterocycles. The molecule has 1 heterocycles. The van der Waals surface area contributed by atoms with Crippen LogP contribution in [0.1, 0.15) is 29.8 Å². The third-order valence-electron chi connectivity index (χ3n) is 4.03. The smallest absolute Gasteiger partial charge is 0.238 e. The van der Waals surface area contributed by atoms with E-state index in [2.05, 4.69) is 5.32 Å². The van der Waals surface area contributed by atoms with Gasteiger partial charge >= 0.3 is 0 Å². The van der Waals surface area contributed by atoms with Gasteiger partial charge in [0.1, 0.15) is 11.2 Å². The van der Waals surface area contributed by atoms with Crippen LogP contribution in [0.4, 0.5) is 15.8 Å². The van der Waals surface area contributed by atoms with Crippen molar-refractivity contribution in [1.29, 1.82) is 0 Å². The molecule has 4 nitrogen and oxygen atoms in total. The number of nitrogens with zero attached hydrogens (tertiary/aromatic N) is 1. The zero-order chi connectivity index (χ0) is 18.0. The number of thioether (sulfide) groups is 1. The van der Waals surface area contributed by atoms with E-state index in [0.29, 0.717) is 23.5 Å². The highest BCUT2D eigenvalue weighted by atomic mass is 32.2. The van der Waals surface area contributed by atoms with E-state index < -0.39 is 5.82 Å². The standard InChI is InChI=1S/C19H19FN2O2S/c1-3-17(23)21-14-7-5-13(6-8-14)19-22(18(24)11-25-19)16-10-12(2)4-9-15(16)20/h4-10,19H,3,11H2,1-2H3,(H,21,23)/t19-/m0/s1. The molecule has 2 amide bonds. The number of hydrogen-bond donors (Lipinski definition) is 1. The number of nitrogens with one attached hydrogen (secondary N) is 1. The van der Waals surface area contributed by atoms with Crippen molar-refractivity contribution in [1.82, 2.24) is 0 Å². The van der Waals surface area contributed by atoms with E-state index in [0.717, 1.165) is 11.1 Å². The SMILES string of the molecule is CCC(=O)Nc1ccc([C@@H]2SCC(=O)N2c2cc(C)ccc2F)cc1. The van der Waals surface area contributed by atoms with Crippen LogP contribution in [0.5, 0.6) is 0 Å². The summed E-state index contributed by atoms with van der Waals surface area (Å²) in [6.45, 7) is 3.66. The topological polar surface area (TPSA) is 49.4 Å². The normalized spacial score (nSPS) is 17.0. The molecule has 0 radical (unpaired) electrons. The van der Waals surface area contributed by atoms with Gasteiger partial charge in [-0.05, 0) is 42.3 Å². The van der Waals surface area contributed by atoms with Gasteiger partial charge in [0.25, 0.3) is 0 Å². The minimum absolute atomic E-state index is 0.0540. The molecule has 25 heavy (non-hydrogen) atoms. The van der Waals surface area contributed by atoms with Gasteiger partial charge in [0.15, 0.2) is 0 Å². The van der Waals surface area contributed by atoms with Gasteiger partial charge in [-0.15, -0.1) is 11.8 Å². The summed E-state index contributed by atoms with van der Waals surface area (Å²) in [7, 11) is 0. The third kappa shape index (κ3) is 3.69. The fourth-order valence-corrected chi connectivity index (χ4v) is 3.89. The lowest BCUT2D eigenvalue weighted by molar-refractivity contribution is -0.116. The van der Waals surface area contributed by atoms with Gasteiger partial charge in [0.05, 0.1) is 11.4 Å². The number of amides is 2. The summed E-state index contributed by atoms with van der Waals surface area (Å²) in [4.78, 5) is 25.3. The van der Waals surface area contributed by atoms with E-state index in [1.165, 1.54) is 22.7 Å². The van der Waals surface area contributed by atoms with Gasteiger partial charge in [-0.25, -0.2) is 4.39 Å². The Bertz CT molecular complexity index is 808. The summed E-state index contributed by atoms with van der Waals surface area (Å²) in [5.41, 5.74) is 2.81. The molecule has 2 aromatic carbocycles. The number of hydrogen-bond acceptors (Lipinski definition) is 3. The molecule has 1 atom stereocenters. The van der Waals surface area contributed by atoms with Gasteiger partial charge in [0, 0.05) is 12.1 Å². The monoisotopic (exact) mass is 358 g/mol. The number of aryl methyl sites for hydroxylation is 1. The predicted molar refractivity (Wildman–Crippen MR) is 99.2 cm³/mol. The molecule has 1 aliphatic heterocycles. The number of halogens is 1. The fourth-order valence-electron chi connectivity index (χ4n) is 2.72. The number of anilines is 2. The Balaban J connectivity index is 1.89. The molecule has 130 valence electrons. The van der Waals surface area contributed by atoms with Crippen molar-refractivity contribution < 1.29 is 14.0 Å². The highest BCUT2D eigenvalue weighted by Gasteiger charge is 2.35. The molecule has 0 unspecified atom stereocenters. The average molecular weight is 358 g/mol. The molecule has 1 N–H and O–H groups in total. The molecule has 6 heteroatoms. The minimum Gasteiger partial charge on any atom is -0.326 e. The maximum atomic E-state index is 14.3. The van der Waals surface area contributed by atoms with E-state index in [1.54, 1.807) is 31.2 Å². The van der Waals surface area contributed by atoms with Gasteiger partial charge in [-0.1, -0.05) is 25.1 Å². The van der Waals surface area contributed by atoms with Crippen LogP contribution < -0.4 is 10.2 Å². The molecular formula is C19H19FN2O2S. The van der Waals surface area contributed by atoms with Crippen molar-refractivity contribution in [2.45, 2.75) is 25.6 Å². The molecule has 2 aromatic rings. The largest absolute Gasteiger partial charge is 0.326 e. The summed E-state index contributed by atoms with van der Waals surface area (Å²) >= 11 is 1.47. The highest BCUT2D eigenvalue weighted by Crippen LogP contribution is 2.42. The lowest BCUT2D eigenvalue weighted by atomic mass is 10.1. The van der Waals surface area contributed by atoms with Crippen LogP contribution in [-0.4, -0.2) is 17.6 Å². The van der Waals surface area contributed by atoms with E-state index in [1.807, 2.05) is 19.1 Å². The van der Waals surface area contributed by atoms with E-state index in [9.17, 15) is 14.0 Å². The second-order valence-corrected chi connectivity index (χ2v) is 6.97. The van der Waals surface area contributed by atoms with Crippen LogP contribution in [0.2, 0.25) is 0 Å². The summed E-state index contributed by atoms with van der Waals surface area (Å²) in [6.07, 6.45) is 0.412. The fraction of sp³-hybridized carbons (Fsp3) is 0.263. The van der Waals surface area contributed by atoms with Gasteiger partial charge in [0.2, 0.25) is 11.8 Å². The first-order valence-corrected chi connectivity index (χ1v) is 9.14. The predicted octanol–water partition coefficient (Wildman–Crippen LogP) is 4.26. The Hall–Kier alpha value is -2.34. The minimum atomic E-state index is -0.404. The van der Waals surface area contributed by atoms with Gasteiger partial charge in [-0.3, -0.25) is 14.5 Å². The van der Waals surface area contributed by atoms with Crippen molar-refractivity contribution >= 4 is 35.0 Å². The second-order valence-electron chi connectivity index (χ2n) is 5.91. The van der Waals surface area contributed by atoms with Crippen molar-refractivity contribution in [3.63, 3.8) is 0 Å². The third-order valence-corrected chi connectivity index (χ3v) is 5.24. The Morgan fingerprint density at radius 1 is 1.28 bits per heavy atom. The van der Waals surface area contributed by atoms with E-state index in [4.69, 9.17) is 0 Å². The molecule has 0 aromatic heterocycles. The Kier molecular flexibility index (Phi) is 5.08. The van der Waals surface area contributed by atoms with Gasteiger partial charge in [-0.2, -0.15) is 0 Å². The number of carbonyl (C=O) groups is 2. The summed E-state index contributed by atoms with van der Waals surface area (Å²) in [6, 6.07) is 12.1. The van der Waals surface area contributed by atoms with E-state index in [-0.39, 0.29) is 17.2 Å². The van der Waals surface area contributed by atoms with Crippen molar-refractivity contribution in [2.75, 3.05) is 16.0 Å². The molecule has 3 rings (SSSR count). The van der Waals surface area contributed by atoms with Crippen LogP contribution >= 0.6 is 11.8 Å². The maximum absolute atomic E-state index is 14.3. The number of benzene rings is 2. The van der Waals surface area contributed by atoms with E-state index >= 15 is 0 Å². The first-order chi connectivity index (χ1) is 12.0. The van der Waals surface area contributed by atoms with Crippen LogP contribution in [-0.2, 0) is 9.59 Å². The zero-order valence-corrected chi connectivity index (χ0v) is 14.9. The summed E-state index contributed by atoms with van der Waals surface area (Å²) in [5, 5.41) is 2.51. The quantitative estimate of drug-likeness (QED) is 0.888. The first kappa shape index (κ1) is 17.5. The van der Waals surface area contributed by atoms with Crippen LogP contribution in [0.25, 0.3) is 0 Å². The molecule has 0 spiro atoms. The lowest BCUT2D eigenvalue weighted by Crippen LogP contribution is -2.28. The summed E-state index contributed by atoms with van der Waals surface area (Å²) in [5.74, 6) is -0.255. The molecular weight excluding hydrogens is 339 g/mol. The molecule has 1 aliphatic rings. The highest BCUT2D eigenvalue weighted by molar-refractivity contribution is 8.00. The number of carbonyl (C=O) groups excluding carboxylic acids is 2. The Labute approximate surface area is 150 Å². The van der Waals surface area contributed by atoms with Crippen molar-refractivity contribution in [2.24, 2.45) is 0 Å². The van der Waals surface area contributed by atoms with Crippen LogP contribution in [0.3, 0.4) is 0 Å². The second kappa shape index (κ2) is 7.27. The lowest BCUT2D eigenvalue weighted by Gasteiger charge is -2.25. The number of rotatable bonds is 4. The van der Waals surface area contributed by atoms with Crippen molar-refractivity contribution in [3.05, 3.63) is 59.4 Å². The average Bonchev–Trinajstić information content (AvgIpc) is 2.99. The van der Waals surface area contributed by atoms with Crippen molar-refractivity contribution in [3.8, 4) is 0 Å². The first-order valence-electron chi connectivity index (χ1n) is 8.09. The molecule has 0 saturated carbocycles. The Morgan fingerprint density at radius 3 is 2.68 bits per heavy atom. The molecule has 0 bridgehead atoms. The Morgan fingerprint density at radius 2 is 2.00 bits per heavy atom. The molecule has 1 fully saturated rings. The molecule has 0 aliphatic carbocycles. The van der Waals surface area contributed by atoms with Gasteiger partial charge < -0.3 is 5.32 Å². The van der Waals surface area contributed by atoms with Crippen LogP contribution in [0.15, 0.2) is 42.5 Å². The zero-order valence-electron chi connectivity index (χ0n) is 14.1.